The molecule has 0 saturated carbocycles. The minimum absolute atomic E-state index is 0.490. The first-order valence-corrected chi connectivity index (χ1v) is 9.23. The predicted molar refractivity (Wildman–Crippen MR) is 85.9 cm³/mol. The van der Waals surface area contributed by atoms with Gasteiger partial charge in [-0.15, -0.1) is 0 Å². The van der Waals surface area contributed by atoms with Crippen LogP contribution >= 0.6 is 7.60 Å². The van der Waals surface area contributed by atoms with Crippen molar-refractivity contribution in [2.45, 2.75) is 56.5 Å². The van der Waals surface area contributed by atoms with Gasteiger partial charge in [0.25, 0.3) is 0 Å². The van der Waals surface area contributed by atoms with Crippen molar-refractivity contribution in [3.63, 3.8) is 0 Å². The molecule has 1 aliphatic rings. The van der Waals surface area contributed by atoms with Crippen molar-refractivity contribution >= 4 is 25.1 Å². The van der Waals surface area contributed by atoms with Gasteiger partial charge < -0.3 is 31.9 Å². The number of amides is 1. The number of carbonyl (C=O) groups is 3. The Morgan fingerprint density at radius 3 is 2.25 bits per heavy atom. The van der Waals surface area contributed by atoms with Gasteiger partial charge in [0, 0.05) is 0 Å². The van der Waals surface area contributed by atoms with Gasteiger partial charge in [-0.05, 0) is 33.2 Å². The first kappa shape index (κ1) is 20.9. The van der Waals surface area contributed by atoms with E-state index >= 15 is 0 Å². The van der Waals surface area contributed by atoms with E-state index in [9.17, 15) is 28.7 Å². The van der Waals surface area contributed by atoms with Gasteiger partial charge in [-0.1, -0.05) is 0 Å². The van der Waals surface area contributed by atoms with E-state index in [4.69, 9.17) is 11.5 Å². The summed E-state index contributed by atoms with van der Waals surface area (Å²) in [7, 11) is -5.27. The molecule has 1 saturated heterocycles. The Morgan fingerprint density at radius 1 is 1.29 bits per heavy atom. The Labute approximate surface area is 139 Å². The summed E-state index contributed by atoms with van der Waals surface area (Å²) in [5.41, 5.74) is 10.9. The van der Waals surface area contributed by atoms with Crippen molar-refractivity contribution in [1.82, 2.24) is 10.6 Å². The van der Waals surface area contributed by atoms with Crippen LogP contribution in [0, 0.1) is 0 Å². The highest BCUT2D eigenvalue weighted by Gasteiger charge is 2.57. The first-order chi connectivity index (χ1) is 10.9. The van der Waals surface area contributed by atoms with E-state index in [2.05, 4.69) is 5.32 Å². The molecule has 0 aromatic carbocycles. The molecule has 1 aliphatic heterocycles. The summed E-state index contributed by atoms with van der Waals surface area (Å²) in [5.74, 6) is -2.65. The van der Waals surface area contributed by atoms with E-state index in [-0.39, 0.29) is 0 Å². The molecule has 10 nitrogen and oxygen atoms in total. The molecule has 0 aromatic heterocycles. The van der Waals surface area contributed by atoms with Crippen LogP contribution in [0.1, 0.15) is 33.1 Å². The molecular formula is C13H25N4O6P. The molecule has 138 valence electrons. The van der Waals surface area contributed by atoms with Crippen LogP contribution in [0.25, 0.3) is 0 Å². The number of hydrogen-bond acceptors (Lipinski definition) is 7. The van der Waals surface area contributed by atoms with Crippen LogP contribution in [0.15, 0.2) is 0 Å². The molecule has 11 heteroatoms. The zero-order valence-electron chi connectivity index (χ0n) is 13.7. The summed E-state index contributed by atoms with van der Waals surface area (Å²) in [5, 5.41) is 2.18. The number of ketones is 2. The van der Waals surface area contributed by atoms with Crippen LogP contribution in [-0.4, -0.2) is 57.2 Å². The Kier molecular flexibility index (Phi) is 6.80. The second kappa shape index (κ2) is 7.81. The molecule has 0 spiro atoms. The smallest absolute Gasteiger partial charge is 0.332 e. The number of nitrogens with two attached hydrogens (primary N) is 2. The van der Waals surface area contributed by atoms with E-state index in [0.717, 1.165) is 6.42 Å². The third-order valence-corrected chi connectivity index (χ3v) is 5.43. The fraction of sp³-hybridized carbons (Fsp3) is 0.769. The zero-order valence-corrected chi connectivity index (χ0v) is 14.6. The van der Waals surface area contributed by atoms with E-state index in [1.165, 1.54) is 13.8 Å². The molecule has 1 amide bonds. The van der Waals surface area contributed by atoms with Crippen molar-refractivity contribution in [2.75, 3.05) is 6.54 Å². The van der Waals surface area contributed by atoms with Crippen LogP contribution in [-0.2, 0) is 18.9 Å². The van der Waals surface area contributed by atoms with Crippen molar-refractivity contribution in [3.05, 3.63) is 0 Å². The normalized spacial score (nSPS) is 23.2. The quantitative estimate of drug-likeness (QED) is 0.264. The van der Waals surface area contributed by atoms with Crippen molar-refractivity contribution in [3.8, 4) is 0 Å². The highest BCUT2D eigenvalue weighted by atomic mass is 31.2. The van der Waals surface area contributed by atoms with Crippen molar-refractivity contribution in [1.29, 1.82) is 0 Å². The van der Waals surface area contributed by atoms with E-state index in [1.54, 1.807) is 0 Å². The number of rotatable bonds is 8. The maximum atomic E-state index is 12.5. The highest BCUT2D eigenvalue weighted by molar-refractivity contribution is 7.55. The Morgan fingerprint density at radius 2 is 1.88 bits per heavy atom. The van der Waals surface area contributed by atoms with Gasteiger partial charge in [0.1, 0.15) is 0 Å². The lowest BCUT2D eigenvalue weighted by Gasteiger charge is -2.35. The van der Waals surface area contributed by atoms with Gasteiger partial charge in [0.15, 0.2) is 11.6 Å². The van der Waals surface area contributed by atoms with Gasteiger partial charge in [0.05, 0.1) is 24.5 Å². The van der Waals surface area contributed by atoms with Crippen molar-refractivity contribution < 1.29 is 28.7 Å². The Hall–Kier alpha value is -1.16. The first-order valence-electron chi connectivity index (χ1n) is 7.61. The summed E-state index contributed by atoms with van der Waals surface area (Å²) in [6, 6.07) is -3.05. The van der Waals surface area contributed by atoms with Gasteiger partial charge in [-0.25, -0.2) is 0 Å². The molecule has 8 N–H and O–H groups in total. The lowest BCUT2D eigenvalue weighted by molar-refractivity contribution is -0.133. The summed E-state index contributed by atoms with van der Waals surface area (Å²) in [4.78, 5) is 56.4. The third-order valence-electron chi connectivity index (χ3n) is 3.94. The molecule has 0 aromatic rings. The minimum Gasteiger partial charge on any atom is -0.332 e. The van der Waals surface area contributed by atoms with Crippen LogP contribution < -0.4 is 22.1 Å². The fourth-order valence-corrected chi connectivity index (χ4v) is 3.65. The average molecular weight is 364 g/mol. The fourth-order valence-electron chi connectivity index (χ4n) is 2.54. The number of Topliss-reactive ketones (excluding diaryl/α,β-unsaturated/α-hetero) is 2. The van der Waals surface area contributed by atoms with E-state index in [0.29, 0.717) is 13.0 Å². The number of carbonyl (C=O) groups excluding carboxylic acids is 3. The highest BCUT2D eigenvalue weighted by Crippen LogP contribution is 2.52. The lowest BCUT2D eigenvalue weighted by atomic mass is 9.96. The second-order valence-electron chi connectivity index (χ2n) is 6.13. The average Bonchev–Trinajstić information content (AvgIpc) is 2.98. The number of nitrogens with one attached hydrogen (secondary N) is 2. The largest absolute Gasteiger partial charge is 0.358 e. The zero-order chi connectivity index (χ0) is 18.7. The third kappa shape index (κ3) is 4.47. The van der Waals surface area contributed by atoms with Crippen LogP contribution in [0.5, 0.6) is 0 Å². The molecule has 0 radical (unpaired) electrons. The molecule has 4 atom stereocenters. The van der Waals surface area contributed by atoms with Gasteiger partial charge in [-0.3, -0.25) is 18.9 Å². The lowest BCUT2D eigenvalue weighted by Crippen LogP contribution is -2.62. The Bertz CT molecular complexity index is 555. The monoisotopic (exact) mass is 364 g/mol. The predicted octanol–water partition coefficient (Wildman–Crippen LogP) is -2.05. The van der Waals surface area contributed by atoms with Gasteiger partial charge in [0.2, 0.25) is 11.2 Å². The van der Waals surface area contributed by atoms with E-state index < -0.39 is 54.9 Å². The maximum absolute atomic E-state index is 12.5. The summed E-state index contributed by atoms with van der Waals surface area (Å²) in [6.07, 6.45) is 0.365. The van der Waals surface area contributed by atoms with Gasteiger partial charge >= 0.3 is 7.60 Å². The molecule has 0 bridgehead atoms. The molecule has 1 heterocycles. The Balaban J connectivity index is 3.29. The van der Waals surface area contributed by atoms with Gasteiger partial charge in [-0.2, -0.15) is 0 Å². The molecular weight excluding hydrogens is 339 g/mol. The van der Waals surface area contributed by atoms with Crippen LogP contribution in [0.4, 0.5) is 0 Å². The maximum Gasteiger partial charge on any atom is 0.358 e. The molecule has 1 fully saturated rings. The molecule has 1 unspecified atom stereocenters. The van der Waals surface area contributed by atoms with E-state index in [1.807, 2.05) is 5.32 Å². The van der Waals surface area contributed by atoms with Crippen LogP contribution in [0.2, 0.25) is 0 Å². The minimum atomic E-state index is -5.27. The molecule has 0 aliphatic carbocycles. The number of hydrogen-bond donors (Lipinski definition) is 6. The summed E-state index contributed by atoms with van der Waals surface area (Å²) >= 11 is 0. The summed E-state index contributed by atoms with van der Waals surface area (Å²) in [6.45, 7) is 3.10. The SMILES string of the molecule is C[C@H](N)C(=O)NC(CC(=O)[C@@H]1CCCN1)(C(=O)[C@H](C)N)P(=O)(O)O. The standard InChI is InChI=1S/C13H25N4O6P/c1-7(14)11(19)13(24(21,22)23,17-12(20)8(2)15)6-10(18)9-4-3-5-16-9/h7-9,16H,3-6,14-15H2,1-2H3,(H,17,20)(H2,21,22,23)/t7-,8-,9-,13?/m0/s1. The summed E-state index contributed by atoms with van der Waals surface area (Å²) < 4.78 is 12.1. The van der Waals surface area contributed by atoms with Crippen molar-refractivity contribution in [2.24, 2.45) is 11.5 Å². The van der Waals surface area contributed by atoms with Crippen LogP contribution in [0.3, 0.4) is 0 Å². The molecule has 1 rings (SSSR count). The molecule has 24 heavy (non-hydrogen) atoms. The second-order valence-corrected chi connectivity index (χ2v) is 7.98. The topological polar surface area (TPSA) is 185 Å².